The second kappa shape index (κ2) is 6.90. The lowest BCUT2D eigenvalue weighted by Gasteiger charge is -2.28. The van der Waals surface area contributed by atoms with Gasteiger partial charge in [0.05, 0.1) is 10.6 Å². The molecule has 20 heavy (non-hydrogen) atoms. The zero-order valence-electron chi connectivity index (χ0n) is 11.7. The molecule has 110 valence electrons. The van der Waals surface area contributed by atoms with Crippen LogP contribution in [0.1, 0.15) is 29.6 Å². The van der Waals surface area contributed by atoms with Gasteiger partial charge >= 0.3 is 0 Å². The van der Waals surface area contributed by atoms with Crippen molar-refractivity contribution in [1.29, 1.82) is 0 Å². The highest BCUT2D eigenvalue weighted by Crippen LogP contribution is 2.19. The lowest BCUT2D eigenvalue weighted by molar-refractivity contribution is 0.0949. The van der Waals surface area contributed by atoms with Crippen molar-refractivity contribution in [1.82, 2.24) is 15.2 Å². The number of hydrogen-bond donors (Lipinski definition) is 2. The van der Waals surface area contributed by atoms with Crippen LogP contribution in [0.5, 0.6) is 0 Å². The smallest absolute Gasteiger partial charge is 0.252 e. The molecule has 0 bridgehead atoms. The summed E-state index contributed by atoms with van der Waals surface area (Å²) in [5, 5.41) is 3.23. The van der Waals surface area contributed by atoms with Crippen molar-refractivity contribution in [2.75, 3.05) is 32.4 Å². The van der Waals surface area contributed by atoms with Crippen LogP contribution >= 0.6 is 11.6 Å². The zero-order chi connectivity index (χ0) is 14.5. The lowest BCUT2D eigenvalue weighted by atomic mass is 9.94. The Bertz CT molecular complexity index is 472. The van der Waals surface area contributed by atoms with Crippen molar-refractivity contribution >= 4 is 23.3 Å². The molecular formula is C14H21ClN4O. The summed E-state index contributed by atoms with van der Waals surface area (Å²) in [7, 11) is 2.15. The number of aromatic nitrogens is 1. The van der Waals surface area contributed by atoms with E-state index in [1.54, 1.807) is 0 Å². The van der Waals surface area contributed by atoms with Crippen LogP contribution < -0.4 is 11.1 Å². The van der Waals surface area contributed by atoms with Crippen LogP contribution in [0.4, 0.5) is 5.82 Å². The highest BCUT2D eigenvalue weighted by atomic mass is 35.5. The van der Waals surface area contributed by atoms with E-state index >= 15 is 0 Å². The highest BCUT2D eigenvalue weighted by Gasteiger charge is 2.17. The first-order valence-corrected chi connectivity index (χ1v) is 7.32. The molecule has 1 aliphatic rings. The molecule has 1 aromatic heterocycles. The largest absolute Gasteiger partial charge is 0.384 e. The van der Waals surface area contributed by atoms with Gasteiger partial charge in [-0.2, -0.15) is 0 Å². The molecule has 2 rings (SSSR count). The van der Waals surface area contributed by atoms with Gasteiger partial charge < -0.3 is 16.0 Å². The molecule has 5 nitrogen and oxygen atoms in total. The van der Waals surface area contributed by atoms with E-state index in [1.165, 1.54) is 25.1 Å². The topological polar surface area (TPSA) is 71.2 Å². The summed E-state index contributed by atoms with van der Waals surface area (Å²) in [6.45, 7) is 2.96. The molecule has 1 fully saturated rings. The summed E-state index contributed by atoms with van der Waals surface area (Å²) in [6, 6.07) is 1.51. The summed E-state index contributed by atoms with van der Waals surface area (Å²) in [6.07, 6.45) is 4.82. The first kappa shape index (κ1) is 15.1. The van der Waals surface area contributed by atoms with Crippen molar-refractivity contribution in [2.45, 2.75) is 19.3 Å². The van der Waals surface area contributed by atoms with E-state index in [2.05, 4.69) is 22.2 Å². The molecule has 0 spiro atoms. The van der Waals surface area contributed by atoms with Crippen molar-refractivity contribution in [3.8, 4) is 0 Å². The van der Waals surface area contributed by atoms with E-state index < -0.39 is 0 Å². The second-order valence-corrected chi connectivity index (χ2v) is 5.79. The second-order valence-electron chi connectivity index (χ2n) is 5.38. The predicted octanol–water partition coefficient (Wildman–Crippen LogP) is 1.78. The molecule has 1 saturated heterocycles. The Balaban J connectivity index is 1.79. The van der Waals surface area contributed by atoms with Gasteiger partial charge in [-0.15, -0.1) is 0 Å². The minimum absolute atomic E-state index is 0.183. The van der Waals surface area contributed by atoms with Crippen LogP contribution in [-0.4, -0.2) is 42.5 Å². The van der Waals surface area contributed by atoms with E-state index in [4.69, 9.17) is 17.3 Å². The molecule has 0 aliphatic carbocycles. The molecular weight excluding hydrogens is 276 g/mol. The predicted molar refractivity (Wildman–Crippen MR) is 80.8 cm³/mol. The number of nitrogen functional groups attached to an aromatic ring is 1. The molecule has 1 aliphatic heterocycles. The Morgan fingerprint density at radius 3 is 2.95 bits per heavy atom. The molecule has 1 aromatic rings. The molecule has 0 aromatic carbocycles. The third-order valence-corrected chi connectivity index (χ3v) is 4.10. The van der Waals surface area contributed by atoms with Crippen LogP contribution in [0.15, 0.2) is 12.3 Å². The van der Waals surface area contributed by atoms with Gasteiger partial charge in [0.25, 0.3) is 5.91 Å². The number of carbonyl (C=O) groups is 1. The van der Waals surface area contributed by atoms with E-state index in [1.807, 2.05) is 0 Å². The van der Waals surface area contributed by atoms with Crippen molar-refractivity contribution in [3.05, 3.63) is 22.8 Å². The maximum Gasteiger partial charge on any atom is 0.252 e. The van der Waals surface area contributed by atoms with Gasteiger partial charge in [0, 0.05) is 12.7 Å². The van der Waals surface area contributed by atoms with Crippen molar-refractivity contribution in [3.63, 3.8) is 0 Å². The Labute approximate surface area is 124 Å². The summed E-state index contributed by atoms with van der Waals surface area (Å²) >= 11 is 5.95. The Morgan fingerprint density at radius 2 is 2.25 bits per heavy atom. The molecule has 1 amide bonds. The average Bonchev–Trinajstić information content (AvgIpc) is 2.43. The first-order chi connectivity index (χ1) is 9.56. The SMILES string of the molecule is CN1CCC(CCNC(=O)c2cc(N)ncc2Cl)CC1. The number of nitrogens with zero attached hydrogens (tertiary/aromatic N) is 2. The Morgan fingerprint density at radius 1 is 1.55 bits per heavy atom. The normalized spacial score (nSPS) is 17.1. The number of pyridine rings is 1. The number of hydrogen-bond acceptors (Lipinski definition) is 4. The number of anilines is 1. The standard InChI is InChI=1S/C14H21ClN4O/c1-19-6-3-10(4-7-19)2-5-17-14(20)11-8-13(16)18-9-12(11)15/h8-10H,2-7H2,1H3,(H2,16,18)(H,17,20). The molecule has 2 heterocycles. The number of halogens is 1. The minimum Gasteiger partial charge on any atom is -0.384 e. The van der Waals surface area contributed by atoms with Crippen LogP contribution in [0.2, 0.25) is 5.02 Å². The number of carbonyl (C=O) groups excluding carboxylic acids is 1. The number of amides is 1. The molecule has 6 heteroatoms. The Hall–Kier alpha value is -1.33. The number of nitrogens with one attached hydrogen (secondary N) is 1. The quantitative estimate of drug-likeness (QED) is 0.888. The fourth-order valence-electron chi connectivity index (χ4n) is 2.46. The third-order valence-electron chi connectivity index (χ3n) is 3.80. The van der Waals surface area contributed by atoms with E-state index in [0.29, 0.717) is 28.9 Å². The van der Waals surface area contributed by atoms with Crippen molar-refractivity contribution in [2.24, 2.45) is 5.92 Å². The number of likely N-dealkylation sites (tertiary alicyclic amines) is 1. The lowest BCUT2D eigenvalue weighted by Crippen LogP contribution is -2.32. The van der Waals surface area contributed by atoms with Gasteiger partial charge in [0.2, 0.25) is 0 Å². The molecule has 0 radical (unpaired) electrons. The van der Waals surface area contributed by atoms with E-state index in [0.717, 1.165) is 19.5 Å². The van der Waals surface area contributed by atoms with Gasteiger partial charge in [-0.25, -0.2) is 4.98 Å². The van der Waals surface area contributed by atoms with Gasteiger partial charge in [-0.1, -0.05) is 11.6 Å². The Kier molecular flexibility index (Phi) is 5.20. The fourth-order valence-corrected chi connectivity index (χ4v) is 2.65. The van der Waals surface area contributed by atoms with Crippen LogP contribution in [0, 0.1) is 5.92 Å². The van der Waals surface area contributed by atoms with Gasteiger partial charge in [0.15, 0.2) is 0 Å². The number of rotatable bonds is 4. The van der Waals surface area contributed by atoms with Gasteiger partial charge in [-0.3, -0.25) is 4.79 Å². The first-order valence-electron chi connectivity index (χ1n) is 6.94. The van der Waals surface area contributed by atoms with Crippen LogP contribution in [0.3, 0.4) is 0 Å². The van der Waals surface area contributed by atoms with E-state index in [9.17, 15) is 4.79 Å². The maximum atomic E-state index is 12.0. The molecule has 0 saturated carbocycles. The number of nitrogens with two attached hydrogens (primary N) is 1. The molecule has 3 N–H and O–H groups in total. The summed E-state index contributed by atoms with van der Waals surface area (Å²) in [5.41, 5.74) is 5.96. The third kappa shape index (κ3) is 4.08. The zero-order valence-corrected chi connectivity index (χ0v) is 12.5. The van der Waals surface area contributed by atoms with E-state index in [-0.39, 0.29) is 5.91 Å². The molecule has 0 unspecified atom stereocenters. The molecule has 0 atom stereocenters. The fraction of sp³-hybridized carbons (Fsp3) is 0.571. The summed E-state index contributed by atoms with van der Waals surface area (Å²) < 4.78 is 0. The van der Waals surface area contributed by atoms with Crippen LogP contribution in [0.25, 0.3) is 0 Å². The minimum atomic E-state index is -0.183. The summed E-state index contributed by atoms with van der Waals surface area (Å²) in [5.74, 6) is 0.816. The monoisotopic (exact) mass is 296 g/mol. The summed E-state index contributed by atoms with van der Waals surface area (Å²) in [4.78, 5) is 18.2. The van der Waals surface area contributed by atoms with Crippen molar-refractivity contribution < 1.29 is 4.79 Å². The number of piperidine rings is 1. The van der Waals surface area contributed by atoms with Gasteiger partial charge in [-0.05, 0) is 51.4 Å². The van der Waals surface area contributed by atoms with Crippen LogP contribution in [-0.2, 0) is 0 Å². The average molecular weight is 297 g/mol. The maximum absolute atomic E-state index is 12.0. The van der Waals surface area contributed by atoms with Gasteiger partial charge in [0.1, 0.15) is 5.82 Å². The highest BCUT2D eigenvalue weighted by molar-refractivity contribution is 6.33.